The van der Waals surface area contributed by atoms with Gasteiger partial charge < -0.3 is 15.1 Å². The summed E-state index contributed by atoms with van der Waals surface area (Å²) >= 11 is 0. The molecule has 0 unspecified atom stereocenters. The number of carbonyl (C=O) groups is 1. The molecule has 3 rings (SSSR count). The van der Waals surface area contributed by atoms with E-state index in [0.29, 0.717) is 23.8 Å². The van der Waals surface area contributed by atoms with E-state index < -0.39 is 0 Å². The van der Waals surface area contributed by atoms with Crippen LogP contribution < -0.4 is 5.73 Å². The van der Waals surface area contributed by atoms with E-state index in [-0.39, 0.29) is 18.3 Å². The summed E-state index contributed by atoms with van der Waals surface area (Å²) in [5.74, 6) is 1.43. The second-order valence-electron chi connectivity index (χ2n) is 6.77. The molecular formula is C20H27ClN2O2. The summed E-state index contributed by atoms with van der Waals surface area (Å²) in [4.78, 5) is 14.4. The Hall–Kier alpha value is -1.78. The van der Waals surface area contributed by atoms with Crippen LogP contribution in [0.15, 0.2) is 41.0 Å². The molecule has 2 aromatic rings. The van der Waals surface area contributed by atoms with E-state index in [1.807, 2.05) is 4.90 Å². The summed E-state index contributed by atoms with van der Waals surface area (Å²) in [7, 11) is 0. The molecule has 1 aromatic heterocycles. The first kappa shape index (κ1) is 19.5. The molecule has 0 saturated carbocycles. The van der Waals surface area contributed by atoms with Crippen molar-refractivity contribution in [2.75, 3.05) is 13.1 Å². The first-order valence-corrected chi connectivity index (χ1v) is 8.78. The van der Waals surface area contributed by atoms with Crippen molar-refractivity contribution in [2.24, 2.45) is 11.7 Å². The van der Waals surface area contributed by atoms with E-state index in [1.165, 1.54) is 23.8 Å². The quantitative estimate of drug-likeness (QED) is 0.875. The van der Waals surface area contributed by atoms with Crippen LogP contribution in [-0.4, -0.2) is 23.9 Å². The first-order valence-electron chi connectivity index (χ1n) is 8.78. The van der Waals surface area contributed by atoms with Gasteiger partial charge in [-0.2, -0.15) is 0 Å². The van der Waals surface area contributed by atoms with Crippen LogP contribution in [0.1, 0.15) is 46.5 Å². The highest BCUT2D eigenvalue weighted by atomic mass is 35.5. The van der Waals surface area contributed by atoms with Gasteiger partial charge in [0.15, 0.2) is 0 Å². The molecule has 25 heavy (non-hydrogen) atoms. The van der Waals surface area contributed by atoms with Crippen molar-refractivity contribution < 1.29 is 9.21 Å². The lowest BCUT2D eigenvalue weighted by Crippen LogP contribution is -2.38. The minimum absolute atomic E-state index is 0. The fraction of sp³-hybridized carbons (Fsp3) is 0.450. The maximum atomic E-state index is 12.5. The van der Waals surface area contributed by atoms with Crippen molar-refractivity contribution >= 4 is 18.3 Å². The molecule has 1 amide bonds. The number of amides is 1. The molecule has 0 radical (unpaired) electrons. The average Bonchev–Trinajstić information content (AvgIpc) is 3.10. The standard InChI is InChI=1S/C20H26N2O2.ClH/c1-15-2-4-16(5-3-15)6-7-17-8-10-22(11-9-17)20(23)18-12-19(13-21)24-14-18;/h2-5,12,14,17H,6-11,13,21H2,1H3;1H. The summed E-state index contributed by atoms with van der Waals surface area (Å²) in [6.07, 6.45) is 6.01. The predicted molar refractivity (Wildman–Crippen MR) is 102 cm³/mol. The number of hydrogen-bond acceptors (Lipinski definition) is 3. The van der Waals surface area contributed by atoms with E-state index in [1.54, 1.807) is 6.07 Å². The molecular weight excluding hydrogens is 336 g/mol. The summed E-state index contributed by atoms with van der Waals surface area (Å²) in [5, 5.41) is 0. The van der Waals surface area contributed by atoms with Crippen LogP contribution in [0.25, 0.3) is 0 Å². The Balaban J connectivity index is 0.00000225. The number of hydrogen-bond donors (Lipinski definition) is 1. The van der Waals surface area contributed by atoms with Gasteiger partial charge in [0.25, 0.3) is 5.91 Å². The van der Waals surface area contributed by atoms with Crippen molar-refractivity contribution in [3.8, 4) is 0 Å². The number of carbonyl (C=O) groups excluding carboxylic acids is 1. The second-order valence-corrected chi connectivity index (χ2v) is 6.77. The van der Waals surface area contributed by atoms with Gasteiger partial charge in [-0.05, 0) is 50.2 Å². The van der Waals surface area contributed by atoms with E-state index in [2.05, 4.69) is 31.2 Å². The summed E-state index contributed by atoms with van der Waals surface area (Å²) in [6, 6.07) is 10.6. The van der Waals surface area contributed by atoms with Crippen molar-refractivity contribution in [2.45, 2.75) is 39.2 Å². The molecule has 136 valence electrons. The molecule has 1 aliphatic rings. The molecule has 1 fully saturated rings. The Morgan fingerprint density at radius 2 is 1.92 bits per heavy atom. The number of halogens is 1. The Labute approximate surface area is 155 Å². The van der Waals surface area contributed by atoms with E-state index in [9.17, 15) is 4.79 Å². The van der Waals surface area contributed by atoms with Gasteiger partial charge in [-0.15, -0.1) is 12.4 Å². The van der Waals surface area contributed by atoms with Gasteiger partial charge in [-0.3, -0.25) is 4.79 Å². The largest absolute Gasteiger partial charge is 0.467 e. The fourth-order valence-electron chi connectivity index (χ4n) is 3.33. The molecule has 5 heteroatoms. The van der Waals surface area contributed by atoms with Crippen LogP contribution in [-0.2, 0) is 13.0 Å². The number of benzene rings is 1. The summed E-state index contributed by atoms with van der Waals surface area (Å²) in [6.45, 7) is 4.11. The van der Waals surface area contributed by atoms with Gasteiger partial charge >= 0.3 is 0 Å². The summed E-state index contributed by atoms with van der Waals surface area (Å²) < 4.78 is 5.27. The van der Waals surface area contributed by atoms with Crippen LogP contribution in [0, 0.1) is 12.8 Å². The topological polar surface area (TPSA) is 59.5 Å². The van der Waals surface area contributed by atoms with Crippen LogP contribution in [0.4, 0.5) is 0 Å². The maximum Gasteiger partial charge on any atom is 0.257 e. The Bertz CT molecular complexity index is 673. The average molecular weight is 363 g/mol. The molecule has 0 spiro atoms. The molecule has 1 saturated heterocycles. The number of aryl methyl sites for hydroxylation is 2. The van der Waals surface area contributed by atoms with Gasteiger partial charge in [0.1, 0.15) is 12.0 Å². The van der Waals surface area contributed by atoms with Gasteiger partial charge in [0.05, 0.1) is 12.1 Å². The van der Waals surface area contributed by atoms with Gasteiger partial charge in [-0.25, -0.2) is 0 Å². The van der Waals surface area contributed by atoms with Crippen LogP contribution in [0.2, 0.25) is 0 Å². The first-order chi connectivity index (χ1) is 11.7. The van der Waals surface area contributed by atoms with E-state index >= 15 is 0 Å². The lowest BCUT2D eigenvalue weighted by atomic mass is 9.90. The van der Waals surface area contributed by atoms with Crippen LogP contribution in [0.5, 0.6) is 0 Å². The van der Waals surface area contributed by atoms with E-state index in [4.69, 9.17) is 10.2 Å². The smallest absolute Gasteiger partial charge is 0.257 e. The monoisotopic (exact) mass is 362 g/mol. The maximum absolute atomic E-state index is 12.5. The van der Waals surface area contributed by atoms with Crippen molar-refractivity contribution in [1.82, 2.24) is 4.90 Å². The van der Waals surface area contributed by atoms with Crippen molar-refractivity contribution in [3.63, 3.8) is 0 Å². The summed E-state index contributed by atoms with van der Waals surface area (Å²) in [5.41, 5.74) is 8.87. The number of piperidine rings is 1. The minimum Gasteiger partial charge on any atom is -0.467 e. The number of nitrogens with zero attached hydrogens (tertiary/aromatic N) is 1. The third-order valence-corrected chi connectivity index (χ3v) is 4.97. The molecule has 2 N–H and O–H groups in total. The second kappa shape index (κ2) is 9.07. The SMILES string of the molecule is Cc1ccc(CCC2CCN(C(=O)c3coc(CN)c3)CC2)cc1.Cl. The zero-order valence-corrected chi connectivity index (χ0v) is 15.6. The normalized spacial score (nSPS) is 15.0. The molecule has 0 atom stereocenters. The molecule has 2 heterocycles. The lowest BCUT2D eigenvalue weighted by molar-refractivity contribution is 0.0686. The van der Waals surface area contributed by atoms with Crippen LogP contribution >= 0.6 is 12.4 Å². The molecule has 0 bridgehead atoms. The third kappa shape index (κ3) is 5.10. The molecule has 1 aliphatic heterocycles. The minimum atomic E-state index is 0. The number of furan rings is 1. The Kier molecular flexibility index (Phi) is 7.09. The van der Waals surface area contributed by atoms with E-state index in [0.717, 1.165) is 32.4 Å². The van der Waals surface area contributed by atoms with Gasteiger partial charge in [0, 0.05) is 13.1 Å². The third-order valence-electron chi connectivity index (χ3n) is 4.97. The zero-order valence-electron chi connectivity index (χ0n) is 14.7. The predicted octanol–water partition coefficient (Wildman–Crippen LogP) is 3.95. The Morgan fingerprint density at radius 1 is 1.24 bits per heavy atom. The molecule has 0 aliphatic carbocycles. The number of nitrogens with two attached hydrogens (primary N) is 1. The highest BCUT2D eigenvalue weighted by Gasteiger charge is 2.24. The fourth-order valence-corrected chi connectivity index (χ4v) is 3.33. The zero-order chi connectivity index (χ0) is 16.9. The van der Waals surface area contributed by atoms with Gasteiger partial charge in [-0.1, -0.05) is 29.8 Å². The van der Waals surface area contributed by atoms with Crippen LogP contribution in [0.3, 0.4) is 0 Å². The lowest BCUT2D eigenvalue weighted by Gasteiger charge is -2.31. The van der Waals surface area contributed by atoms with Gasteiger partial charge in [0.2, 0.25) is 0 Å². The number of rotatable bonds is 5. The van der Waals surface area contributed by atoms with Crippen molar-refractivity contribution in [1.29, 1.82) is 0 Å². The van der Waals surface area contributed by atoms with Crippen molar-refractivity contribution in [3.05, 3.63) is 59.0 Å². The highest BCUT2D eigenvalue weighted by Crippen LogP contribution is 2.24. The Morgan fingerprint density at radius 3 is 2.52 bits per heavy atom. The molecule has 1 aromatic carbocycles. The number of likely N-dealkylation sites (tertiary alicyclic amines) is 1. The highest BCUT2D eigenvalue weighted by molar-refractivity contribution is 5.94. The molecule has 4 nitrogen and oxygen atoms in total.